The van der Waals surface area contributed by atoms with E-state index in [0.29, 0.717) is 11.8 Å². The minimum Gasteiger partial charge on any atom is -0.436 e. The third-order valence-electron chi connectivity index (χ3n) is 12.2. The summed E-state index contributed by atoms with van der Waals surface area (Å²) in [5.41, 5.74) is 20.0. The van der Waals surface area contributed by atoms with Crippen LogP contribution in [0.25, 0.3) is 73.1 Å². The zero-order valence-electron chi connectivity index (χ0n) is 31.7. The summed E-state index contributed by atoms with van der Waals surface area (Å²) in [5, 5.41) is 0. The lowest BCUT2D eigenvalue weighted by Gasteiger charge is -2.30. The van der Waals surface area contributed by atoms with E-state index in [1.165, 1.54) is 50.1 Å². The molecule has 0 unspecified atom stereocenters. The maximum atomic E-state index is 6.33. The molecule has 1 aliphatic heterocycles. The first-order valence-electron chi connectivity index (χ1n) is 19.9. The van der Waals surface area contributed by atoms with Crippen molar-refractivity contribution in [3.63, 3.8) is 0 Å². The first-order chi connectivity index (χ1) is 28.6. The molecule has 0 atom stereocenters. The van der Waals surface area contributed by atoms with Gasteiger partial charge in [0.15, 0.2) is 11.2 Å². The Morgan fingerprint density at radius 2 is 0.948 bits per heavy atom. The second-order valence-corrected chi connectivity index (χ2v) is 15.5. The zero-order valence-corrected chi connectivity index (χ0v) is 31.7. The third kappa shape index (κ3) is 4.86. The number of rotatable bonds is 4. The molecule has 7 aromatic carbocycles. The van der Waals surface area contributed by atoms with E-state index in [2.05, 4.69) is 122 Å². The van der Waals surface area contributed by atoms with Gasteiger partial charge in [0, 0.05) is 22.4 Å². The van der Waals surface area contributed by atoms with E-state index in [0.717, 1.165) is 68.7 Å². The Balaban J connectivity index is 1.05. The van der Waals surface area contributed by atoms with Crippen molar-refractivity contribution in [2.45, 2.75) is 25.2 Å². The highest BCUT2D eigenvalue weighted by Crippen LogP contribution is 2.62. The molecule has 0 amide bonds. The summed E-state index contributed by atoms with van der Waals surface area (Å²) in [5.74, 6) is 1.06. The van der Waals surface area contributed by atoms with Crippen LogP contribution in [0.4, 0.5) is 0 Å². The van der Waals surface area contributed by atoms with Gasteiger partial charge in [-0.15, -0.1) is 0 Å². The lowest BCUT2D eigenvalue weighted by Crippen LogP contribution is -2.26. The normalized spacial score (nSPS) is 16.7. The summed E-state index contributed by atoms with van der Waals surface area (Å²) in [6, 6.07) is 55.9. The van der Waals surface area contributed by atoms with Gasteiger partial charge in [-0.25, -0.2) is 9.97 Å². The lowest BCUT2D eigenvalue weighted by atomic mass is 9.70. The van der Waals surface area contributed by atoms with Crippen LogP contribution >= 0.6 is 0 Å². The fraction of sp³-hybridized carbons (Fsp3) is 0.0755. The number of aromatic nitrogens is 2. The molecule has 0 fully saturated rings. The van der Waals surface area contributed by atoms with Gasteiger partial charge in [-0.3, -0.25) is 4.99 Å². The Morgan fingerprint density at radius 3 is 1.52 bits per heavy atom. The Morgan fingerprint density at radius 1 is 0.448 bits per heavy atom. The lowest BCUT2D eigenvalue weighted by molar-refractivity contribution is 0.617. The Bertz CT molecular complexity index is 3040. The first kappa shape index (κ1) is 32.8. The molecule has 0 bridgehead atoms. The summed E-state index contributed by atoms with van der Waals surface area (Å²) >= 11 is 0. The SMILES string of the molecule is C/C1=C/C=C(/c2cc(-c3nc4ccccc4o3)cc(-c3nc4ccccc4o3)c2)N=C(c2ccc3c(c2)C2(c4ccccc4-c4ccccc42)c2ccccc2-3)CC1. The molecule has 5 heteroatoms. The van der Waals surface area contributed by atoms with E-state index < -0.39 is 5.41 Å². The number of para-hydroxylation sites is 4. The van der Waals surface area contributed by atoms with Crippen molar-refractivity contribution in [3.05, 3.63) is 209 Å². The minimum absolute atomic E-state index is 0.422. The van der Waals surface area contributed by atoms with Gasteiger partial charge in [-0.2, -0.15) is 0 Å². The molecule has 9 aromatic rings. The van der Waals surface area contributed by atoms with Gasteiger partial charge in [0.05, 0.1) is 11.1 Å². The molecular formula is C53H35N3O2. The van der Waals surface area contributed by atoms with Gasteiger partial charge in [0.25, 0.3) is 0 Å². The fourth-order valence-corrected chi connectivity index (χ4v) is 9.52. The van der Waals surface area contributed by atoms with Crippen LogP contribution in [-0.4, -0.2) is 15.7 Å². The van der Waals surface area contributed by atoms with Crippen LogP contribution in [0.15, 0.2) is 189 Å². The maximum absolute atomic E-state index is 6.33. The molecule has 0 N–H and O–H groups in total. The number of allylic oxidation sites excluding steroid dienone is 3. The number of hydrogen-bond donors (Lipinski definition) is 0. The summed E-state index contributed by atoms with van der Waals surface area (Å²) in [7, 11) is 0. The van der Waals surface area contributed by atoms with Gasteiger partial charge in [-0.1, -0.05) is 121 Å². The van der Waals surface area contributed by atoms with Gasteiger partial charge in [-0.05, 0) is 124 Å². The molecule has 274 valence electrons. The van der Waals surface area contributed by atoms with E-state index in [-0.39, 0.29) is 0 Å². The van der Waals surface area contributed by atoms with Crippen molar-refractivity contribution in [2.75, 3.05) is 0 Å². The molecule has 0 radical (unpaired) electrons. The highest BCUT2D eigenvalue weighted by molar-refractivity contribution is 6.06. The second kappa shape index (κ2) is 12.6. The van der Waals surface area contributed by atoms with Gasteiger partial charge < -0.3 is 8.83 Å². The summed E-state index contributed by atoms with van der Waals surface area (Å²) in [6.45, 7) is 2.20. The smallest absolute Gasteiger partial charge is 0.227 e. The average Bonchev–Trinajstić information content (AvgIpc) is 4.04. The highest BCUT2D eigenvalue weighted by Gasteiger charge is 2.51. The Labute approximate surface area is 335 Å². The van der Waals surface area contributed by atoms with Gasteiger partial charge >= 0.3 is 0 Å². The van der Waals surface area contributed by atoms with E-state index >= 15 is 0 Å². The number of oxazole rings is 2. The molecule has 2 aromatic heterocycles. The van der Waals surface area contributed by atoms with Crippen LogP contribution in [0.2, 0.25) is 0 Å². The molecule has 0 saturated carbocycles. The van der Waals surface area contributed by atoms with Crippen molar-refractivity contribution < 1.29 is 8.83 Å². The summed E-state index contributed by atoms with van der Waals surface area (Å²) in [6.07, 6.45) is 6.05. The van der Waals surface area contributed by atoms with E-state index in [4.69, 9.17) is 23.8 Å². The second-order valence-electron chi connectivity index (χ2n) is 15.5. The van der Waals surface area contributed by atoms with Crippen molar-refractivity contribution in [3.8, 4) is 45.2 Å². The first-order valence-corrected chi connectivity index (χ1v) is 19.9. The number of benzene rings is 7. The van der Waals surface area contributed by atoms with Crippen molar-refractivity contribution >= 4 is 33.6 Å². The third-order valence-corrected chi connectivity index (χ3v) is 12.2. The van der Waals surface area contributed by atoms with E-state index in [1.54, 1.807) is 0 Å². The van der Waals surface area contributed by atoms with Crippen molar-refractivity contribution in [1.82, 2.24) is 9.97 Å². The summed E-state index contributed by atoms with van der Waals surface area (Å²) < 4.78 is 12.7. The molecule has 3 heterocycles. The average molecular weight is 746 g/mol. The molecular weight excluding hydrogens is 711 g/mol. The quantitative estimate of drug-likeness (QED) is 0.180. The number of hydrogen-bond acceptors (Lipinski definition) is 5. The van der Waals surface area contributed by atoms with Crippen molar-refractivity contribution in [1.29, 1.82) is 0 Å². The highest BCUT2D eigenvalue weighted by atomic mass is 16.4. The van der Waals surface area contributed by atoms with Gasteiger partial charge in [0.2, 0.25) is 11.8 Å². The maximum Gasteiger partial charge on any atom is 0.227 e. The van der Waals surface area contributed by atoms with Crippen molar-refractivity contribution in [2.24, 2.45) is 4.99 Å². The predicted octanol–water partition coefficient (Wildman–Crippen LogP) is 13.2. The largest absolute Gasteiger partial charge is 0.436 e. The molecule has 3 aliphatic rings. The van der Waals surface area contributed by atoms with Crippen LogP contribution in [0, 0.1) is 0 Å². The van der Waals surface area contributed by atoms with Crippen LogP contribution in [-0.2, 0) is 5.41 Å². The van der Waals surface area contributed by atoms with Gasteiger partial charge in [0.1, 0.15) is 11.0 Å². The monoisotopic (exact) mass is 745 g/mol. The molecule has 0 saturated heterocycles. The molecule has 58 heavy (non-hydrogen) atoms. The van der Waals surface area contributed by atoms with Crippen LogP contribution < -0.4 is 0 Å². The predicted molar refractivity (Wildman–Crippen MR) is 233 cm³/mol. The Hall–Kier alpha value is -7.37. The number of aliphatic imine (C=N–C) groups is 1. The Kier molecular flexibility index (Phi) is 7.12. The number of fused-ring (bicyclic) bond motifs is 12. The van der Waals surface area contributed by atoms with E-state index in [1.807, 2.05) is 54.6 Å². The standard InChI is InChI=1S/C53H35N3O2/c1-32-22-26-45(33-24-25-40-39-14-4-7-17-43(39)53(44(40)31-33)41-15-5-2-12-37(41)38-13-3-6-16-42(38)53)54-46(27-23-32)34-28-35(51-55-47-18-8-10-20-49(47)57-51)30-36(29-34)52-56-48-19-9-11-21-50(48)58-52/h2-21,23-25,27-31H,22,26H2,1H3/b32-23-,46-27-,54-45?. The minimum atomic E-state index is -0.422. The molecule has 2 aliphatic carbocycles. The van der Waals surface area contributed by atoms with E-state index in [9.17, 15) is 0 Å². The van der Waals surface area contributed by atoms with Crippen LogP contribution in [0.1, 0.15) is 53.1 Å². The summed E-state index contributed by atoms with van der Waals surface area (Å²) in [4.78, 5) is 15.3. The van der Waals surface area contributed by atoms with Crippen LogP contribution in [0.3, 0.4) is 0 Å². The fourth-order valence-electron chi connectivity index (χ4n) is 9.52. The molecule has 5 nitrogen and oxygen atoms in total. The zero-order chi connectivity index (χ0) is 38.4. The molecule has 12 rings (SSSR count). The topological polar surface area (TPSA) is 64.4 Å². The number of nitrogens with zero attached hydrogens (tertiary/aromatic N) is 3. The molecule has 1 spiro atoms. The van der Waals surface area contributed by atoms with Crippen LogP contribution in [0.5, 0.6) is 0 Å².